The van der Waals surface area contributed by atoms with E-state index in [1.165, 1.54) is 0 Å². The number of aliphatic hydroxyl groups excluding tert-OH is 1. The highest BCUT2D eigenvalue weighted by atomic mass is 16.5. The van der Waals surface area contributed by atoms with Crippen molar-refractivity contribution in [1.82, 2.24) is 5.32 Å². The van der Waals surface area contributed by atoms with Crippen molar-refractivity contribution in [3.63, 3.8) is 0 Å². The van der Waals surface area contributed by atoms with Crippen molar-refractivity contribution in [3.8, 4) is 5.75 Å². The number of rotatable bonds is 8. The number of hydrogen-bond acceptors (Lipinski definition) is 3. The van der Waals surface area contributed by atoms with Gasteiger partial charge in [-0.25, -0.2) is 0 Å². The molecule has 0 aliphatic carbocycles. The van der Waals surface area contributed by atoms with Gasteiger partial charge < -0.3 is 15.2 Å². The van der Waals surface area contributed by atoms with Crippen LogP contribution in [0.4, 0.5) is 0 Å². The van der Waals surface area contributed by atoms with Gasteiger partial charge in [0.1, 0.15) is 5.75 Å². The van der Waals surface area contributed by atoms with Crippen molar-refractivity contribution in [2.75, 3.05) is 19.8 Å². The summed E-state index contributed by atoms with van der Waals surface area (Å²) < 4.78 is 5.56. The molecular weight excluding hydrogens is 242 g/mol. The van der Waals surface area contributed by atoms with Crippen LogP contribution in [-0.4, -0.2) is 30.8 Å². The zero-order valence-electron chi connectivity index (χ0n) is 11.7. The molecule has 0 heterocycles. The Kier molecular flexibility index (Phi) is 6.97. The second kappa shape index (κ2) is 8.53. The summed E-state index contributed by atoms with van der Waals surface area (Å²) in [5.74, 6) is 1.00. The fraction of sp³-hybridized carbons (Fsp3) is 0.533. The molecule has 106 valence electrons. The van der Waals surface area contributed by atoms with Gasteiger partial charge in [0.15, 0.2) is 6.61 Å². The Bertz CT molecular complexity index is 391. The smallest absolute Gasteiger partial charge is 0.257 e. The topological polar surface area (TPSA) is 58.6 Å². The van der Waals surface area contributed by atoms with E-state index in [0.29, 0.717) is 18.9 Å². The van der Waals surface area contributed by atoms with Crippen LogP contribution in [0.5, 0.6) is 5.75 Å². The van der Waals surface area contributed by atoms with E-state index >= 15 is 0 Å². The first-order valence-electron chi connectivity index (χ1n) is 6.74. The number of nitrogens with one attached hydrogen (secondary N) is 1. The van der Waals surface area contributed by atoms with Crippen LogP contribution in [0, 0.1) is 0 Å². The molecule has 0 aliphatic rings. The third-order valence-electron chi connectivity index (χ3n) is 2.81. The van der Waals surface area contributed by atoms with Crippen LogP contribution in [-0.2, 0) is 4.79 Å². The van der Waals surface area contributed by atoms with E-state index in [9.17, 15) is 4.79 Å². The van der Waals surface area contributed by atoms with Crippen molar-refractivity contribution in [2.45, 2.75) is 32.6 Å². The lowest BCUT2D eigenvalue weighted by molar-refractivity contribution is -0.123. The molecular formula is C15H23NO3. The Morgan fingerprint density at radius 2 is 2.05 bits per heavy atom. The van der Waals surface area contributed by atoms with E-state index < -0.39 is 0 Å². The summed E-state index contributed by atoms with van der Waals surface area (Å²) in [6.07, 6.45) is 1.49. The molecule has 4 nitrogen and oxygen atoms in total. The van der Waals surface area contributed by atoms with Crippen molar-refractivity contribution >= 4 is 5.91 Å². The van der Waals surface area contributed by atoms with Gasteiger partial charge in [0.2, 0.25) is 0 Å². The fourth-order valence-corrected chi connectivity index (χ4v) is 1.75. The van der Waals surface area contributed by atoms with Gasteiger partial charge in [-0.3, -0.25) is 4.79 Å². The zero-order chi connectivity index (χ0) is 14.1. The fourth-order valence-electron chi connectivity index (χ4n) is 1.75. The summed E-state index contributed by atoms with van der Waals surface area (Å²) >= 11 is 0. The standard InChI is InChI=1S/C15H23NO3/c1-12(2)13-7-3-4-8-14(13)19-11-15(18)16-9-5-6-10-17/h3-4,7-8,12,17H,5-6,9-11H2,1-2H3,(H,16,18). The Morgan fingerprint density at radius 1 is 1.32 bits per heavy atom. The molecule has 0 bridgehead atoms. The van der Waals surface area contributed by atoms with Crippen LogP contribution in [0.3, 0.4) is 0 Å². The monoisotopic (exact) mass is 265 g/mol. The van der Waals surface area contributed by atoms with Gasteiger partial charge in [-0.15, -0.1) is 0 Å². The molecule has 0 spiro atoms. The largest absolute Gasteiger partial charge is 0.483 e. The minimum absolute atomic E-state index is 0.0306. The van der Waals surface area contributed by atoms with Gasteiger partial charge in [0.25, 0.3) is 5.91 Å². The summed E-state index contributed by atoms with van der Waals surface area (Å²) in [5.41, 5.74) is 1.11. The lowest BCUT2D eigenvalue weighted by atomic mass is 10.0. The van der Waals surface area contributed by atoms with E-state index in [2.05, 4.69) is 19.2 Å². The number of hydrogen-bond donors (Lipinski definition) is 2. The maximum absolute atomic E-state index is 11.6. The quantitative estimate of drug-likeness (QED) is 0.707. The molecule has 1 amide bonds. The first-order valence-corrected chi connectivity index (χ1v) is 6.74. The normalized spacial score (nSPS) is 10.5. The lowest BCUT2D eigenvalue weighted by Gasteiger charge is -2.13. The maximum atomic E-state index is 11.6. The number of carbonyl (C=O) groups is 1. The van der Waals surface area contributed by atoms with Crippen LogP contribution in [0.2, 0.25) is 0 Å². The minimum atomic E-state index is -0.128. The van der Waals surface area contributed by atoms with Crippen molar-refractivity contribution < 1.29 is 14.6 Å². The van der Waals surface area contributed by atoms with Crippen LogP contribution >= 0.6 is 0 Å². The molecule has 0 unspecified atom stereocenters. The second-order valence-corrected chi connectivity index (χ2v) is 4.76. The molecule has 0 saturated carbocycles. The van der Waals surface area contributed by atoms with Crippen LogP contribution in [0.15, 0.2) is 24.3 Å². The molecule has 0 fully saturated rings. The highest BCUT2D eigenvalue weighted by Gasteiger charge is 2.08. The van der Waals surface area contributed by atoms with Crippen molar-refractivity contribution in [1.29, 1.82) is 0 Å². The van der Waals surface area contributed by atoms with E-state index in [0.717, 1.165) is 17.7 Å². The Labute approximate surface area is 114 Å². The molecule has 0 saturated heterocycles. The average Bonchev–Trinajstić information content (AvgIpc) is 2.41. The summed E-state index contributed by atoms with van der Waals surface area (Å²) in [5, 5.41) is 11.4. The highest BCUT2D eigenvalue weighted by Crippen LogP contribution is 2.25. The summed E-state index contributed by atoms with van der Waals surface area (Å²) in [4.78, 5) is 11.6. The van der Waals surface area contributed by atoms with E-state index in [4.69, 9.17) is 9.84 Å². The predicted octanol–water partition coefficient (Wildman–Crippen LogP) is 2.08. The van der Waals surface area contributed by atoms with Crippen LogP contribution in [0.1, 0.15) is 38.2 Å². The molecule has 4 heteroatoms. The summed E-state index contributed by atoms with van der Waals surface area (Å²) in [6, 6.07) is 7.77. The maximum Gasteiger partial charge on any atom is 0.257 e. The van der Waals surface area contributed by atoms with Gasteiger partial charge >= 0.3 is 0 Å². The molecule has 0 atom stereocenters. The van der Waals surface area contributed by atoms with Gasteiger partial charge in [0.05, 0.1) is 0 Å². The predicted molar refractivity (Wildman–Crippen MR) is 75.4 cm³/mol. The molecule has 2 N–H and O–H groups in total. The average molecular weight is 265 g/mol. The first kappa shape index (κ1) is 15.5. The van der Waals surface area contributed by atoms with Gasteiger partial charge in [-0.05, 0) is 30.4 Å². The van der Waals surface area contributed by atoms with Crippen LogP contribution < -0.4 is 10.1 Å². The number of unbranched alkanes of at least 4 members (excludes halogenated alkanes) is 1. The third kappa shape index (κ3) is 5.75. The minimum Gasteiger partial charge on any atom is -0.483 e. The second-order valence-electron chi connectivity index (χ2n) is 4.76. The number of ether oxygens (including phenoxy) is 1. The SMILES string of the molecule is CC(C)c1ccccc1OCC(=O)NCCCCO. The molecule has 1 aromatic rings. The van der Waals surface area contributed by atoms with Gasteiger partial charge in [0, 0.05) is 13.2 Å². The van der Waals surface area contributed by atoms with E-state index in [-0.39, 0.29) is 19.1 Å². The number of aliphatic hydroxyl groups is 1. The number of carbonyl (C=O) groups excluding carboxylic acids is 1. The molecule has 1 aromatic carbocycles. The highest BCUT2D eigenvalue weighted by molar-refractivity contribution is 5.77. The molecule has 1 rings (SSSR count). The summed E-state index contributed by atoms with van der Waals surface area (Å²) in [6.45, 7) is 4.96. The molecule has 0 radical (unpaired) electrons. The zero-order valence-corrected chi connectivity index (χ0v) is 11.7. The number of para-hydroxylation sites is 1. The molecule has 0 aliphatic heterocycles. The van der Waals surface area contributed by atoms with Crippen molar-refractivity contribution in [3.05, 3.63) is 29.8 Å². The Balaban J connectivity index is 2.38. The summed E-state index contributed by atoms with van der Waals surface area (Å²) in [7, 11) is 0. The number of amides is 1. The third-order valence-corrected chi connectivity index (χ3v) is 2.81. The van der Waals surface area contributed by atoms with E-state index in [1.807, 2.05) is 24.3 Å². The Hall–Kier alpha value is -1.55. The lowest BCUT2D eigenvalue weighted by Crippen LogP contribution is -2.29. The van der Waals surface area contributed by atoms with Gasteiger partial charge in [-0.1, -0.05) is 32.0 Å². The van der Waals surface area contributed by atoms with E-state index in [1.54, 1.807) is 0 Å². The molecule has 0 aromatic heterocycles. The number of benzene rings is 1. The van der Waals surface area contributed by atoms with Gasteiger partial charge in [-0.2, -0.15) is 0 Å². The van der Waals surface area contributed by atoms with Crippen molar-refractivity contribution in [2.24, 2.45) is 0 Å². The Morgan fingerprint density at radius 3 is 2.74 bits per heavy atom. The first-order chi connectivity index (χ1) is 9.15. The molecule has 19 heavy (non-hydrogen) atoms. The van der Waals surface area contributed by atoms with Crippen LogP contribution in [0.25, 0.3) is 0 Å².